The molecule has 4 aromatic rings. The van der Waals surface area contributed by atoms with E-state index in [1.165, 1.54) is 17.2 Å². The fraction of sp³-hybridized carbons (Fsp3) is 0.182. The molecule has 2 amide bonds. The van der Waals surface area contributed by atoms with Crippen molar-refractivity contribution in [1.82, 2.24) is 31.1 Å². The summed E-state index contributed by atoms with van der Waals surface area (Å²) >= 11 is 0. The summed E-state index contributed by atoms with van der Waals surface area (Å²) in [5, 5.41) is 20.4. The van der Waals surface area contributed by atoms with Crippen molar-refractivity contribution in [3.05, 3.63) is 72.1 Å². The number of benzene rings is 2. The summed E-state index contributed by atoms with van der Waals surface area (Å²) in [5.41, 5.74) is 2.23. The van der Waals surface area contributed by atoms with Crippen molar-refractivity contribution in [1.29, 1.82) is 0 Å². The normalized spacial score (nSPS) is 17.7. The second kappa shape index (κ2) is 8.54. The van der Waals surface area contributed by atoms with Crippen LogP contribution in [0, 0.1) is 0 Å². The topological polar surface area (TPSA) is 139 Å². The summed E-state index contributed by atoms with van der Waals surface area (Å²) < 4.78 is 11.1. The number of ether oxygens (including phenoxy) is 1. The van der Waals surface area contributed by atoms with Crippen molar-refractivity contribution in [3.63, 3.8) is 0 Å². The molecule has 0 saturated carbocycles. The zero-order valence-electron chi connectivity index (χ0n) is 17.5. The molecular formula is C22H19N7O4. The van der Waals surface area contributed by atoms with Crippen LogP contribution in [-0.4, -0.2) is 56.8 Å². The highest BCUT2D eigenvalue weighted by Gasteiger charge is 2.39. The van der Waals surface area contributed by atoms with Gasteiger partial charge in [-0.15, -0.1) is 10.2 Å². The van der Waals surface area contributed by atoms with Gasteiger partial charge in [0.25, 0.3) is 11.8 Å². The number of anilines is 1. The number of rotatable bonds is 5. The van der Waals surface area contributed by atoms with Gasteiger partial charge in [0.05, 0.1) is 5.69 Å². The molecule has 2 N–H and O–H groups in total. The molecule has 2 atom stereocenters. The number of tetrazole rings is 1. The summed E-state index contributed by atoms with van der Waals surface area (Å²) in [5.74, 6) is 0.0178. The molecule has 0 aliphatic carbocycles. The maximum atomic E-state index is 13.5. The number of aromatic nitrogens is 5. The van der Waals surface area contributed by atoms with E-state index in [4.69, 9.17) is 9.26 Å². The smallest absolute Gasteiger partial charge is 0.274 e. The molecule has 11 nitrogen and oxygen atoms in total. The minimum absolute atomic E-state index is 0.0741. The molecule has 33 heavy (non-hydrogen) atoms. The van der Waals surface area contributed by atoms with Crippen LogP contribution in [0.4, 0.5) is 5.69 Å². The van der Waals surface area contributed by atoms with Crippen molar-refractivity contribution >= 4 is 17.5 Å². The number of carbonyl (C=O) groups excluding carboxylic acids is 2. The molecule has 0 radical (unpaired) electrons. The molecule has 1 aliphatic rings. The van der Waals surface area contributed by atoms with E-state index in [-0.39, 0.29) is 11.6 Å². The number of hydrogen-bond acceptors (Lipinski definition) is 8. The van der Waals surface area contributed by atoms with Crippen LogP contribution in [-0.2, 0) is 11.2 Å². The van der Waals surface area contributed by atoms with Crippen LogP contribution in [0.5, 0.6) is 5.75 Å². The highest BCUT2D eigenvalue weighted by molar-refractivity contribution is 6.03. The molecule has 166 valence electrons. The van der Waals surface area contributed by atoms with E-state index in [2.05, 4.69) is 31.1 Å². The molecule has 2 aromatic heterocycles. The van der Waals surface area contributed by atoms with Crippen LogP contribution in [0.15, 0.2) is 65.4 Å². The molecular weight excluding hydrogens is 426 g/mol. The Labute approximate surface area is 187 Å². The molecule has 11 heteroatoms. The lowest BCUT2D eigenvalue weighted by Gasteiger charge is -2.26. The summed E-state index contributed by atoms with van der Waals surface area (Å²) in [6.45, 7) is 0. The number of carbonyl (C=O) groups is 2. The summed E-state index contributed by atoms with van der Waals surface area (Å²) in [6, 6.07) is 15.4. The van der Waals surface area contributed by atoms with Gasteiger partial charge in [-0.25, -0.2) is 0 Å². The van der Waals surface area contributed by atoms with E-state index in [9.17, 15) is 9.59 Å². The van der Waals surface area contributed by atoms with Gasteiger partial charge in [-0.05, 0) is 29.0 Å². The average Bonchev–Trinajstić information content (AvgIpc) is 3.55. The van der Waals surface area contributed by atoms with Crippen LogP contribution in [0.25, 0.3) is 11.4 Å². The highest BCUT2D eigenvalue weighted by Crippen LogP contribution is 2.36. The third kappa shape index (κ3) is 4.03. The average molecular weight is 445 g/mol. The zero-order valence-corrected chi connectivity index (χ0v) is 17.5. The first kappa shape index (κ1) is 20.4. The molecule has 5 rings (SSSR count). The molecule has 2 aromatic carbocycles. The van der Waals surface area contributed by atoms with E-state index in [1.54, 1.807) is 25.2 Å². The first-order valence-corrected chi connectivity index (χ1v) is 10.2. The Balaban J connectivity index is 1.52. The van der Waals surface area contributed by atoms with Gasteiger partial charge in [-0.3, -0.25) is 9.59 Å². The van der Waals surface area contributed by atoms with Crippen LogP contribution in [0.2, 0.25) is 0 Å². The van der Waals surface area contributed by atoms with Gasteiger partial charge in [-0.1, -0.05) is 35.5 Å². The fourth-order valence-electron chi connectivity index (χ4n) is 3.73. The minimum atomic E-state index is -0.972. The van der Waals surface area contributed by atoms with Gasteiger partial charge in [-0.2, -0.15) is 5.21 Å². The van der Waals surface area contributed by atoms with Crippen molar-refractivity contribution in [2.75, 3.05) is 11.9 Å². The van der Waals surface area contributed by atoms with E-state index < -0.39 is 18.1 Å². The predicted octanol–water partition coefficient (Wildman–Crippen LogP) is 1.62. The first-order chi connectivity index (χ1) is 16.1. The molecule has 0 fully saturated rings. The minimum Gasteiger partial charge on any atom is -0.485 e. The Morgan fingerprint density at radius 1 is 1.18 bits per heavy atom. The molecule has 3 heterocycles. The summed E-state index contributed by atoms with van der Waals surface area (Å²) in [4.78, 5) is 27.7. The molecule has 0 spiro atoms. The Morgan fingerprint density at radius 2 is 2.03 bits per heavy atom. The fourth-order valence-corrected chi connectivity index (χ4v) is 3.73. The third-order valence-electron chi connectivity index (χ3n) is 5.41. The number of nitrogens with one attached hydrogen (secondary N) is 2. The van der Waals surface area contributed by atoms with Gasteiger partial charge < -0.3 is 19.5 Å². The SMILES string of the molecule is CN1C(=O)[C@@H](NC(=O)c2ccon2)[C@H](Cc2ccccc2)Oc2ccc(-c3nn[nH]n3)cc21. The third-order valence-corrected chi connectivity index (χ3v) is 5.41. The highest BCUT2D eigenvalue weighted by atomic mass is 16.5. The van der Waals surface area contributed by atoms with E-state index >= 15 is 0 Å². The monoisotopic (exact) mass is 445 g/mol. The van der Waals surface area contributed by atoms with Crippen molar-refractivity contribution < 1.29 is 18.8 Å². The Bertz CT molecular complexity index is 1260. The Kier molecular flexibility index (Phi) is 5.27. The van der Waals surface area contributed by atoms with Crippen LogP contribution < -0.4 is 15.0 Å². The van der Waals surface area contributed by atoms with Crippen molar-refractivity contribution in [2.24, 2.45) is 0 Å². The van der Waals surface area contributed by atoms with Crippen LogP contribution >= 0.6 is 0 Å². The quantitative estimate of drug-likeness (QED) is 0.472. The summed E-state index contributed by atoms with van der Waals surface area (Å²) in [6.07, 6.45) is 1.02. The van der Waals surface area contributed by atoms with E-state index in [0.717, 1.165) is 5.56 Å². The first-order valence-electron chi connectivity index (χ1n) is 10.2. The number of H-pyrrole nitrogens is 1. The molecule has 0 bridgehead atoms. The number of fused-ring (bicyclic) bond motifs is 1. The lowest BCUT2D eigenvalue weighted by molar-refractivity contribution is -0.121. The summed E-state index contributed by atoms with van der Waals surface area (Å²) in [7, 11) is 1.63. The zero-order chi connectivity index (χ0) is 22.8. The molecule has 0 unspecified atom stereocenters. The van der Waals surface area contributed by atoms with Gasteiger partial charge >= 0.3 is 0 Å². The second-order valence-electron chi connectivity index (χ2n) is 7.50. The second-order valence-corrected chi connectivity index (χ2v) is 7.50. The van der Waals surface area contributed by atoms with Crippen LogP contribution in [0.3, 0.4) is 0 Å². The van der Waals surface area contributed by atoms with Gasteiger partial charge in [0.2, 0.25) is 5.82 Å². The Morgan fingerprint density at radius 3 is 2.76 bits per heavy atom. The maximum Gasteiger partial charge on any atom is 0.274 e. The van der Waals surface area contributed by atoms with E-state index in [1.807, 2.05) is 30.3 Å². The molecule has 0 saturated heterocycles. The van der Waals surface area contributed by atoms with Crippen LogP contribution in [0.1, 0.15) is 16.1 Å². The maximum absolute atomic E-state index is 13.5. The van der Waals surface area contributed by atoms with Gasteiger partial charge in [0, 0.05) is 25.1 Å². The number of amides is 2. The predicted molar refractivity (Wildman–Crippen MR) is 115 cm³/mol. The number of aromatic amines is 1. The standard InChI is InChI=1S/C22H19N7O4/c1-29-16-12-14(20-24-27-28-25-20)7-8-17(16)33-18(11-13-5-3-2-4-6-13)19(22(29)31)23-21(30)15-9-10-32-26-15/h2-10,12,18-19H,11H2,1H3,(H,23,30)(H,24,25,27,28)/t18-,19-/m0/s1. The number of likely N-dealkylation sites (N-methyl/N-ethyl adjacent to an activating group) is 1. The van der Waals surface area contributed by atoms with E-state index in [0.29, 0.717) is 29.2 Å². The largest absolute Gasteiger partial charge is 0.485 e. The molecule has 1 aliphatic heterocycles. The van der Waals surface area contributed by atoms with Crippen molar-refractivity contribution in [2.45, 2.75) is 18.6 Å². The Hall–Kier alpha value is -4.54. The van der Waals surface area contributed by atoms with Gasteiger partial charge in [0.1, 0.15) is 24.2 Å². The lowest BCUT2D eigenvalue weighted by atomic mass is 10.0. The number of nitrogens with zero attached hydrogens (tertiary/aromatic N) is 5. The number of hydrogen-bond donors (Lipinski definition) is 2. The van der Waals surface area contributed by atoms with Crippen molar-refractivity contribution in [3.8, 4) is 17.1 Å². The lowest BCUT2D eigenvalue weighted by Crippen LogP contribution is -2.54. The van der Waals surface area contributed by atoms with Gasteiger partial charge in [0.15, 0.2) is 5.69 Å².